The Balaban J connectivity index is 1.52. The first-order valence-electron chi connectivity index (χ1n) is 8.66. The third kappa shape index (κ3) is 3.77. The predicted octanol–water partition coefficient (Wildman–Crippen LogP) is 5.63. The summed E-state index contributed by atoms with van der Waals surface area (Å²) in [5, 5.41) is -0.304. The van der Waals surface area contributed by atoms with Crippen LogP contribution in [-0.4, -0.2) is 16.0 Å². The highest BCUT2D eigenvalue weighted by molar-refractivity contribution is 8.18. The fourth-order valence-electron chi connectivity index (χ4n) is 2.84. The maximum absolute atomic E-state index is 13.1. The summed E-state index contributed by atoms with van der Waals surface area (Å²) in [6.45, 7) is 2.22. The second-order valence-electron chi connectivity index (χ2n) is 6.46. The van der Waals surface area contributed by atoms with E-state index in [-0.39, 0.29) is 23.5 Å². The smallest absolute Gasteiger partial charge is 0.293 e. The van der Waals surface area contributed by atoms with Crippen molar-refractivity contribution in [2.75, 3.05) is 0 Å². The van der Waals surface area contributed by atoms with Crippen molar-refractivity contribution in [3.05, 3.63) is 88.3 Å². The first-order valence-corrected chi connectivity index (χ1v) is 9.48. The molecule has 0 atom stereocenters. The lowest BCUT2D eigenvalue weighted by Gasteiger charge is -2.12. The molecule has 0 radical (unpaired) electrons. The molecule has 28 heavy (non-hydrogen) atoms. The predicted molar refractivity (Wildman–Crippen MR) is 107 cm³/mol. The topological polar surface area (TPSA) is 50.5 Å². The number of furan rings is 1. The Hall–Kier alpha value is -3.12. The molecule has 2 aromatic carbocycles. The first-order chi connectivity index (χ1) is 13.5. The summed E-state index contributed by atoms with van der Waals surface area (Å²) < 4.78 is 18.8. The summed E-state index contributed by atoms with van der Waals surface area (Å²) in [5.74, 6) is 0.360. The van der Waals surface area contributed by atoms with Crippen LogP contribution < -0.4 is 0 Å². The fourth-order valence-corrected chi connectivity index (χ4v) is 3.66. The van der Waals surface area contributed by atoms with E-state index in [2.05, 4.69) is 0 Å². The molecular formula is C22H16FNO3S. The van der Waals surface area contributed by atoms with Crippen molar-refractivity contribution < 1.29 is 18.4 Å². The van der Waals surface area contributed by atoms with Gasteiger partial charge in [-0.05, 0) is 60.6 Å². The summed E-state index contributed by atoms with van der Waals surface area (Å²) in [4.78, 5) is 26.5. The second-order valence-corrected chi connectivity index (χ2v) is 7.46. The zero-order valence-electron chi connectivity index (χ0n) is 15.0. The third-order valence-corrected chi connectivity index (χ3v) is 5.27. The molecule has 3 aromatic rings. The van der Waals surface area contributed by atoms with E-state index >= 15 is 0 Å². The molecule has 1 aliphatic rings. The van der Waals surface area contributed by atoms with Crippen LogP contribution in [0.25, 0.3) is 17.4 Å². The number of thioether (sulfide) groups is 1. The number of benzene rings is 2. The minimum Gasteiger partial charge on any atom is -0.457 e. The molecule has 1 fully saturated rings. The number of hydrogen-bond donors (Lipinski definition) is 0. The number of amides is 2. The Morgan fingerprint density at radius 1 is 1.00 bits per heavy atom. The SMILES string of the molecule is Cc1ccc(CN2C(=O)S/C(=C\c3ccc(-c4ccc(F)cc4)o3)C2=O)cc1. The molecule has 0 spiro atoms. The molecule has 4 nitrogen and oxygen atoms in total. The average Bonchev–Trinajstić information content (AvgIpc) is 3.24. The van der Waals surface area contributed by atoms with E-state index in [1.165, 1.54) is 17.0 Å². The quantitative estimate of drug-likeness (QED) is 0.539. The van der Waals surface area contributed by atoms with E-state index in [0.717, 1.165) is 28.5 Å². The second kappa shape index (κ2) is 7.48. The van der Waals surface area contributed by atoms with Crippen LogP contribution in [0.5, 0.6) is 0 Å². The minimum atomic E-state index is -0.338. The zero-order chi connectivity index (χ0) is 19.7. The summed E-state index contributed by atoms with van der Waals surface area (Å²) in [6, 6.07) is 17.1. The molecule has 2 amide bonds. The Kier molecular flexibility index (Phi) is 4.88. The van der Waals surface area contributed by atoms with Crippen LogP contribution in [0.4, 0.5) is 9.18 Å². The lowest BCUT2D eigenvalue weighted by Crippen LogP contribution is -2.27. The van der Waals surface area contributed by atoms with E-state index in [1.807, 2.05) is 31.2 Å². The number of halogens is 1. The van der Waals surface area contributed by atoms with Crippen LogP contribution in [0.2, 0.25) is 0 Å². The van der Waals surface area contributed by atoms with Gasteiger partial charge in [-0.3, -0.25) is 14.5 Å². The number of aryl methyl sites for hydroxylation is 1. The molecule has 0 bridgehead atoms. The van der Waals surface area contributed by atoms with Crippen LogP contribution in [0.1, 0.15) is 16.9 Å². The van der Waals surface area contributed by atoms with E-state index in [4.69, 9.17) is 4.42 Å². The minimum absolute atomic E-state index is 0.237. The maximum atomic E-state index is 13.1. The molecule has 0 N–H and O–H groups in total. The van der Waals surface area contributed by atoms with Crippen molar-refractivity contribution >= 4 is 29.0 Å². The number of carbonyl (C=O) groups excluding carboxylic acids is 2. The Morgan fingerprint density at radius 3 is 2.43 bits per heavy atom. The van der Waals surface area contributed by atoms with Crippen LogP contribution in [-0.2, 0) is 11.3 Å². The number of nitrogens with zero attached hydrogens (tertiary/aromatic N) is 1. The van der Waals surface area contributed by atoms with Crippen LogP contribution >= 0.6 is 11.8 Å². The van der Waals surface area contributed by atoms with Crippen molar-refractivity contribution in [2.24, 2.45) is 0 Å². The Labute approximate surface area is 165 Å². The lowest BCUT2D eigenvalue weighted by molar-refractivity contribution is -0.123. The summed E-state index contributed by atoms with van der Waals surface area (Å²) in [6.07, 6.45) is 1.56. The molecule has 140 valence electrons. The fraction of sp³-hybridized carbons (Fsp3) is 0.0909. The molecule has 2 heterocycles. The Morgan fingerprint density at radius 2 is 1.71 bits per heavy atom. The van der Waals surface area contributed by atoms with Crippen molar-refractivity contribution in [2.45, 2.75) is 13.5 Å². The van der Waals surface area contributed by atoms with Crippen molar-refractivity contribution in [3.63, 3.8) is 0 Å². The van der Waals surface area contributed by atoms with Crippen molar-refractivity contribution in [3.8, 4) is 11.3 Å². The summed E-state index contributed by atoms with van der Waals surface area (Å²) in [7, 11) is 0. The number of carbonyl (C=O) groups is 2. The van der Waals surface area contributed by atoms with Crippen molar-refractivity contribution in [1.29, 1.82) is 0 Å². The molecular weight excluding hydrogens is 377 g/mol. The molecule has 0 unspecified atom stereocenters. The van der Waals surface area contributed by atoms with Gasteiger partial charge < -0.3 is 4.42 Å². The van der Waals surface area contributed by atoms with Gasteiger partial charge in [0.2, 0.25) is 0 Å². The molecule has 6 heteroatoms. The van der Waals surface area contributed by atoms with E-state index in [0.29, 0.717) is 16.4 Å². The van der Waals surface area contributed by atoms with Crippen molar-refractivity contribution in [1.82, 2.24) is 4.90 Å². The normalized spacial score (nSPS) is 15.6. The van der Waals surface area contributed by atoms with Gasteiger partial charge in [0.05, 0.1) is 11.4 Å². The summed E-state index contributed by atoms with van der Waals surface area (Å²) >= 11 is 0.895. The van der Waals surface area contributed by atoms with Gasteiger partial charge >= 0.3 is 0 Å². The van der Waals surface area contributed by atoms with Gasteiger partial charge in [-0.15, -0.1) is 0 Å². The molecule has 4 rings (SSSR count). The van der Waals surface area contributed by atoms with Gasteiger partial charge in [-0.2, -0.15) is 0 Å². The molecule has 1 aromatic heterocycles. The highest BCUT2D eigenvalue weighted by Crippen LogP contribution is 2.34. The molecule has 0 aliphatic carbocycles. The Bertz CT molecular complexity index is 1070. The monoisotopic (exact) mass is 393 g/mol. The van der Waals surface area contributed by atoms with E-state index in [1.54, 1.807) is 30.3 Å². The highest BCUT2D eigenvalue weighted by Gasteiger charge is 2.35. The summed E-state index contributed by atoms with van der Waals surface area (Å²) in [5.41, 5.74) is 2.74. The largest absolute Gasteiger partial charge is 0.457 e. The van der Waals surface area contributed by atoms with E-state index < -0.39 is 0 Å². The van der Waals surface area contributed by atoms with Crippen LogP contribution in [0, 0.1) is 12.7 Å². The molecule has 0 saturated carbocycles. The lowest BCUT2D eigenvalue weighted by atomic mass is 10.1. The molecule has 1 saturated heterocycles. The van der Waals surface area contributed by atoms with Gasteiger partial charge in [-0.25, -0.2) is 4.39 Å². The highest BCUT2D eigenvalue weighted by atomic mass is 32.2. The number of imide groups is 1. The van der Waals surface area contributed by atoms with Gasteiger partial charge in [-0.1, -0.05) is 29.8 Å². The van der Waals surface area contributed by atoms with Crippen LogP contribution in [0.3, 0.4) is 0 Å². The number of hydrogen-bond acceptors (Lipinski definition) is 4. The molecule has 1 aliphatic heterocycles. The maximum Gasteiger partial charge on any atom is 0.293 e. The average molecular weight is 393 g/mol. The van der Waals surface area contributed by atoms with Gasteiger partial charge in [0.1, 0.15) is 17.3 Å². The standard InChI is InChI=1S/C22H16FNO3S/c1-14-2-4-15(5-3-14)13-24-21(25)20(28-22(24)26)12-18-10-11-19(27-18)16-6-8-17(23)9-7-16/h2-12H,13H2,1H3/b20-12-. The van der Waals surface area contributed by atoms with Gasteiger partial charge in [0, 0.05) is 11.6 Å². The third-order valence-electron chi connectivity index (χ3n) is 4.36. The van der Waals surface area contributed by atoms with E-state index in [9.17, 15) is 14.0 Å². The van der Waals surface area contributed by atoms with Gasteiger partial charge in [0.15, 0.2) is 0 Å². The first kappa shape index (κ1) is 18.3. The number of rotatable bonds is 4. The zero-order valence-corrected chi connectivity index (χ0v) is 15.8. The van der Waals surface area contributed by atoms with Crippen LogP contribution in [0.15, 0.2) is 70.0 Å². The van der Waals surface area contributed by atoms with Gasteiger partial charge in [0.25, 0.3) is 11.1 Å².